The lowest BCUT2D eigenvalue weighted by Crippen LogP contribution is -2.03. The number of nitrogens with zero attached hydrogens (tertiary/aromatic N) is 2. The fraction of sp³-hybridized carbons (Fsp3) is 0.286. The maximum Gasteiger partial charge on any atom is 0.227 e. The SMILES string of the molecule is CNc1nc(C)nc(Oc2ccc(Br)c(C)c2)c1C. The van der Waals surface area contributed by atoms with Gasteiger partial charge in [0.25, 0.3) is 0 Å². The van der Waals surface area contributed by atoms with Crippen molar-refractivity contribution in [3.8, 4) is 11.6 Å². The molecule has 4 nitrogen and oxygen atoms in total. The molecule has 0 radical (unpaired) electrons. The van der Waals surface area contributed by atoms with Crippen LogP contribution < -0.4 is 10.1 Å². The lowest BCUT2D eigenvalue weighted by atomic mass is 10.2. The van der Waals surface area contributed by atoms with Gasteiger partial charge in [-0.15, -0.1) is 0 Å². The molecule has 1 aromatic heterocycles. The highest BCUT2D eigenvalue weighted by molar-refractivity contribution is 9.10. The zero-order chi connectivity index (χ0) is 14.0. The van der Waals surface area contributed by atoms with Crippen LogP contribution in [0.2, 0.25) is 0 Å². The van der Waals surface area contributed by atoms with E-state index in [1.807, 2.05) is 46.0 Å². The van der Waals surface area contributed by atoms with Crippen molar-refractivity contribution in [2.24, 2.45) is 0 Å². The standard InChI is InChI=1S/C14H16BrN3O/c1-8-7-11(5-6-12(8)15)19-14-9(2)13(16-4)17-10(3)18-14/h5-7H,1-4H3,(H,16,17,18). The summed E-state index contributed by atoms with van der Waals surface area (Å²) in [6.45, 7) is 5.81. The summed E-state index contributed by atoms with van der Waals surface area (Å²) in [5.41, 5.74) is 2.02. The molecule has 1 heterocycles. The molecule has 0 atom stereocenters. The molecular weight excluding hydrogens is 306 g/mol. The van der Waals surface area contributed by atoms with Crippen molar-refractivity contribution in [1.82, 2.24) is 9.97 Å². The van der Waals surface area contributed by atoms with E-state index in [9.17, 15) is 0 Å². The fourth-order valence-corrected chi connectivity index (χ4v) is 1.98. The summed E-state index contributed by atoms with van der Waals surface area (Å²) in [6, 6.07) is 5.85. The number of aromatic nitrogens is 2. The van der Waals surface area contributed by atoms with Crippen molar-refractivity contribution in [2.75, 3.05) is 12.4 Å². The summed E-state index contributed by atoms with van der Waals surface area (Å²) < 4.78 is 6.92. The van der Waals surface area contributed by atoms with Crippen LogP contribution in [0.4, 0.5) is 5.82 Å². The Kier molecular flexibility index (Phi) is 4.04. The number of hydrogen-bond donors (Lipinski definition) is 1. The molecule has 0 aliphatic carbocycles. The van der Waals surface area contributed by atoms with Crippen LogP contribution >= 0.6 is 15.9 Å². The van der Waals surface area contributed by atoms with Gasteiger partial charge in [0.2, 0.25) is 5.88 Å². The number of halogens is 1. The first kappa shape index (κ1) is 13.8. The minimum Gasteiger partial charge on any atom is -0.439 e. The maximum absolute atomic E-state index is 5.86. The van der Waals surface area contributed by atoms with Crippen LogP contribution in [-0.4, -0.2) is 17.0 Å². The van der Waals surface area contributed by atoms with Gasteiger partial charge in [0.1, 0.15) is 17.4 Å². The van der Waals surface area contributed by atoms with E-state index in [0.29, 0.717) is 11.7 Å². The largest absolute Gasteiger partial charge is 0.439 e. The van der Waals surface area contributed by atoms with Gasteiger partial charge in [-0.1, -0.05) is 15.9 Å². The van der Waals surface area contributed by atoms with Gasteiger partial charge in [-0.3, -0.25) is 0 Å². The smallest absolute Gasteiger partial charge is 0.227 e. The lowest BCUT2D eigenvalue weighted by molar-refractivity contribution is 0.455. The van der Waals surface area contributed by atoms with E-state index in [1.54, 1.807) is 0 Å². The third-order valence-electron chi connectivity index (χ3n) is 2.79. The molecular formula is C14H16BrN3O. The molecule has 2 aromatic rings. The zero-order valence-electron chi connectivity index (χ0n) is 11.4. The molecule has 0 saturated heterocycles. The van der Waals surface area contributed by atoms with Gasteiger partial charge < -0.3 is 10.1 Å². The number of hydrogen-bond acceptors (Lipinski definition) is 4. The third-order valence-corrected chi connectivity index (χ3v) is 3.68. The van der Waals surface area contributed by atoms with Crippen LogP contribution in [0.1, 0.15) is 17.0 Å². The number of aryl methyl sites for hydroxylation is 2. The molecule has 100 valence electrons. The predicted octanol–water partition coefficient (Wildman–Crippen LogP) is 4.00. The van der Waals surface area contributed by atoms with Crippen LogP contribution in [0, 0.1) is 20.8 Å². The van der Waals surface area contributed by atoms with Crippen molar-refractivity contribution in [2.45, 2.75) is 20.8 Å². The molecule has 0 aliphatic rings. The number of nitrogens with one attached hydrogen (secondary N) is 1. The molecule has 0 unspecified atom stereocenters. The molecule has 0 amide bonds. The average Bonchev–Trinajstić information content (AvgIpc) is 2.37. The van der Waals surface area contributed by atoms with Gasteiger partial charge >= 0.3 is 0 Å². The average molecular weight is 322 g/mol. The molecule has 5 heteroatoms. The molecule has 0 aliphatic heterocycles. The van der Waals surface area contributed by atoms with E-state index in [2.05, 4.69) is 31.2 Å². The number of benzene rings is 1. The fourth-order valence-electron chi connectivity index (χ4n) is 1.74. The van der Waals surface area contributed by atoms with Crippen LogP contribution in [0.5, 0.6) is 11.6 Å². The monoisotopic (exact) mass is 321 g/mol. The number of rotatable bonds is 3. The maximum atomic E-state index is 5.86. The minimum atomic E-state index is 0.582. The normalized spacial score (nSPS) is 10.4. The molecule has 0 fully saturated rings. The van der Waals surface area contributed by atoms with Crippen molar-refractivity contribution in [3.05, 3.63) is 39.6 Å². The van der Waals surface area contributed by atoms with E-state index in [4.69, 9.17) is 4.74 Å². The van der Waals surface area contributed by atoms with Crippen LogP contribution in [0.25, 0.3) is 0 Å². The highest BCUT2D eigenvalue weighted by Crippen LogP contribution is 2.29. The van der Waals surface area contributed by atoms with E-state index < -0.39 is 0 Å². The zero-order valence-corrected chi connectivity index (χ0v) is 13.0. The second-order valence-corrected chi connectivity index (χ2v) is 5.17. The number of anilines is 1. The molecule has 19 heavy (non-hydrogen) atoms. The van der Waals surface area contributed by atoms with Gasteiger partial charge in [0.15, 0.2) is 0 Å². The minimum absolute atomic E-state index is 0.582. The Balaban J connectivity index is 2.37. The Morgan fingerprint density at radius 2 is 1.89 bits per heavy atom. The predicted molar refractivity (Wildman–Crippen MR) is 80.0 cm³/mol. The molecule has 1 N–H and O–H groups in total. The third kappa shape index (κ3) is 3.04. The lowest BCUT2D eigenvalue weighted by Gasteiger charge is -2.12. The van der Waals surface area contributed by atoms with Crippen LogP contribution in [0.3, 0.4) is 0 Å². The van der Waals surface area contributed by atoms with E-state index >= 15 is 0 Å². The summed E-state index contributed by atoms with van der Waals surface area (Å²) in [5.74, 6) is 2.82. The summed E-state index contributed by atoms with van der Waals surface area (Å²) in [7, 11) is 1.84. The van der Waals surface area contributed by atoms with Gasteiger partial charge in [-0.25, -0.2) is 4.98 Å². The second kappa shape index (κ2) is 5.57. The molecule has 0 spiro atoms. The Morgan fingerprint density at radius 3 is 2.53 bits per heavy atom. The first-order valence-electron chi connectivity index (χ1n) is 5.98. The topological polar surface area (TPSA) is 47.0 Å². The second-order valence-electron chi connectivity index (χ2n) is 4.31. The summed E-state index contributed by atoms with van der Waals surface area (Å²) in [6.07, 6.45) is 0. The first-order chi connectivity index (χ1) is 9.01. The van der Waals surface area contributed by atoms with Crippen LogP contribution in [0.15, 0.2) is 22.7 Å². The first-order valence-corrected chi connectivity index (χ1v) is 6.77. The van der Waals surface area contributed by atoms with Gasteiger partial charge in [-0.2, -0.15) is 4.98 Å². The Bertz CT molecular complexity index is 614. The van der Waals surface area contributed by atoms with E-state index in [0.717, 1.165) is 27.2 Å². The Labute approximate surface area is 121 Å². The van der Waals surface area contributed by atoms with Crippen molar-refractivity contribution < 1.29 is 4.74 Å². The van der Waals surface area contributed by atoms with Crippen molar-refractivity contribution in [1.29, 1.82) is 0 Å². The van der Waals surface area contributed by atoms with E-state index in [1.165, 1.54) is 0 Å². The summed E-state index contributed by atoms with van der Waals surface area (Å²) >= 11 is 3.47. The van der Waals surface area contributed by atoms with Gasteiger partial charge in [0, 0.05) is 11.5 Å². The molecule has 0 saturated carbocycles. The molecule has 0 bridgehead atoms. The Hall–Kier alpha value is -1.62. The van der Waals surface area contributed by atoms with Crippen LogP contribution in [-0.2, 0) is 0 Å². The summed E-state index contributed by atoms with van der Waals surface area (Å²) in [4.78, 5) is 8.66. The molecule has 1 aromatic carbocycles. The molecule has 2 rings (SSSR count). The van der Waals surface area contributed by atoms with Crippen molar-refractivity contribution in [3.63, 3.8) is 0 Å². The Morgan fingerprint density at radius 1 is 1.16 bits per heavy atom. The van der Waals surface area contributed by atoms with E-state index in [-0.39, 0.29) is 0 Å². The summed E-state index contributed by atoms with van der Waals surface area (Å²) in [5, 5.41) is 3.04. The quantitative estimate of drug-likeness (QED) is 0.928. The highest BCUT2D eigenvalue weighted by atomic mass is 79.9. The number of ether oxygens (including phenoxy) is 1. The van der Waals surface area contributed by atoms with Gasteiger partial charge in [-0.05, 0) is 44.5 Å². The van der Waals surface area contributed by atoms with Gasteiger partial charge in [0.05, 0.1) is 5.56 Å². The highest BCUT2D eigenvalue weighted by Gasteiger charge is 2.10. The van der Waals surface area contributed by atoms with Crippen molar-refractivity contribution >= 4 is 21.7 Å².